The Bertz CT molecular complexity index is 433. The van der Waals surface area contributed by atoms with Crippen LogP contribution in [0.5, 0.6) is 0 Å². The van der Waals surface area contributed by atoms with Crippen molar-refractivity contribution in [3.05, 3.63) is 29.8 Å². The largest absolute Gasteiger partial charge is 1.00 e. The van der Waals surface area contributed by atoms with Gasteiger partial charge >= 0.3 is 29.6 Å². The van der Waals surface area contributed by atoms with Gasteiger partial charge in [-0.1, -0.05) is 18.2 Å². The Morgan fingerprint density at radius 2 is 2.00 bits per heavy atom. The normalized spacial score (nSPS) is 17.6. The van der Waals surface area contributed by atoms with Gasteiger partial charge < -0.3 is 14.8 Å². The first kappa shape index (κ1) is 13.2. The number of carboxylic acid groups (broad SMARTS) is 1. The number of rotatable bonds is 1. The van der Waals surface area contributed by atoms with Crippen molar-refractivity contribution >= 4 is 17.6 Å². The Labute approximate surface area is 116 Å². The molecule has 1 amide bonds. The van der Waals surface area contributed by atoms with Gasteiger partial charge in [0.05, 0.1) is 12.0 Å². The van der Waals surface area contributed by atoms with Crippen LogP contribution in [0, 0.1) is 0 Å². The number of fused-ring (bicyclic) bond motifs is 1. The molecule has 0 saturated carbocycles. The molecular weight excluding hydrogens is 217 g/mol. The summed E-state index contributed by atoms with van der Waals surface area (Å²) in [7, 11) is 0. The number of benzene rings is 1. The minimum Gasteiger partial charge on any atom is -0.548 e. The Balaban J connectivity index is 0.00000128. The van der Waals surface area contributed by atoms with E-state index in [9.17, 15) is 14.7 Å². The van der Waals surface area contributed by atoms with Crippen molar-refractivity contribution in [2.24, 2.45) is 0 Å². The smallest absolute Gasteiger partial charge is 0.548 e. The molecule has 0 unspecified atom stereocenters. The van der Waals surface area contributed by atoms with Gasteiger partial charge in [0, 0.05) is 19.0 Å². The van der Waals surface area contributed by atoms with Crippen molar-refractivity contribution < 1.29 is 44.3 Å². The van der Waals surface area contributed by atoms with Gasteiger partial charge in [-0.15, -0.1) is 0 Å². The summed E-state index contributed by atoms with van der Waals surface area (Å²) < 4.78 is 0. The van der Waals surface area contributed by atoms with Crippen LogP contribution in [-0.2, 0) is 16.0 Å². The summed E-state index contributed by atoms with van der Waals surface area (Å²) >= 11 is 0. The Hall–Kier alpha value is -0.840. The first-order valence-corrected chi connectivity index (χ1v) is 4.70. The number of nitrogens with zero attached hydrogens (tertiary/aromatic N) is 1. The van der Waals surface area contributed by atoms with Gasteiger partial charge in [-0.2, -0.15) is 0 Å². The van der Waals surface area contributed by atoms with Gasteiger partial charge in [-0.3, -0.25) is 4.79 Å². The zero-order chi connectivity index (χ0) is 11.0. The third-order valence-corrected chi connectivity index (χ3v) is 2.59. The SMILES string of the molecule is CC(=O)N1c2ccccc2C[C@@H]1C(=O)[O-].[Na+]. The molecule has 1 atom stereocenters. The number of carbonyl (C=O) groups is 2. The van der Waals surface area contributed by atoms with Crippen molar-refractivity contribution in [3.63, 3.8) is 0 Å². The fourth-order valence-electron chi connectivity index (χ4n) is 1.96. The molecule has 78 valence electrons. The third-order valence-electron chi connectivity index (χ3n) is 2.59. The summed E-state index contributed by atoms with van der Waals surface area (Å²) in [6.45, 7) is 1.36. The van der Waals surface area contributed by atoms with Crippen molar-refractivity contribution in [1.82, 2.24) is 0 Å². The number of hydrogen-bond acceptors (Lipinski definition) is 3. The van der Waals surface area contributed by atoms with Crippen LogP contribution in [-0.4, -0.2) is 17.9 Å². The Morgan fingerprint density at radius 3 is 2.56 bits per heavy atom. The first-order valence-electron chi connectivity index (χ1n) is 4.70. The summed E-state index contributed by atoms with van der Waals surface area (Å²) in [6, 6.07) is 6.33. The molecule has 0 aliphatic carbocycles. The van der Waals surface area contributed by atoms with E-state index in [2.05, 4.69) is 0 Å². The summed E-state index contributed by atoms with van der Waals surface area (Å²) in [4.78, 5) is 23.5. The van der Waals surface area contributed by atoms with Crippen LogP contribution in [0.2, 0.25) is 0 Å². The van der Waals surface area contributed by atoms with E-state index >= 15 is 0 Å². The van der Waals surface area contributed by atoms with Gasteiger partial charge in [-0.25, -0.2) is 0 Å². The summed E-state index contributed by atoms with van der Waals surface area (Å²) in [5.74, 6) is -1.48. The number of carboxylic acids is 1. The van der Waals surface area contributed by atoms with Gasteiger partial charge in [0.25, 0.3) is 0 Å². The molecule has 1 aromatic carbocycles. The maximum atomic E-state index is 11.4. The number of para-hydroxylation sites is 1. The topological polar surface area (TPSA) is 60.4 Å². The summed E-state index contributed by atoms with van der Waals surface area (Å²) in [6.07, 6.45) is 0.331. The third kappa shape index (κ3) is 2.14. The number of hydrogen-bond donors (Lipinski definition) is 0. The van der Waals surface area contributed by atoms with Crippen LogP contribution in [0.3, 0.4) is 0 Å². The molecule has 5 heteroatoms. The number of aliphatic carboxylic acids is 1. The molecule has 0 bridgehead atoms. The quantitative estimate of drug-likeness (QED) is 0.473. The fraction of sp³-hybridized carbons (Fsp3) is 0.273. The van der Waals surface area contributed by atoms with E-state index in [-0.39, 0.29) is 35.5 Å². The molecule has 0 aromatic heterocycles. The van der Waals surface area contributed by atoms with E-state index in [1.54, 1.807) is 12.1 Å². The molecule has 16 heavy (non-hydrogen) atoms. The van der Waals surface area contributed by atoms with Crippen LogP contribution >= 0.6 is 0 Å². The number of carbonyl (C=O) groups excluding carboxylic acids is 2. The molecule has 0 saturated heterocycles. The molecule has 0 fully saturated rings. The zero-order valence-electron chi connectivity index (χ0n) is 9.27. The van der Waals surface area contributed by atoms with Gasteiger partial charge in [-0.05, 0) is 11.6 Å². The minimum absolute atomic E-state index is 0. The maximum Gasteiger partial charge on any atom is 1.00 e. The zero-order valence-corrected chi connectivity index (χ0v) is 11.3. The minimum atomic E-state index is -1.21. The summed E-state index contributed by atoms with van der Waals surface area (Å²) in [5.41, 5.74) is 1.56. The Morgan fingerprint density at radius 1 is 1.38 bits per heavy atom. The van der Waals surface area contributed by atoms with E-state index in [1.165, 1.54) is 11.8 Å². The number of amides is 1. The summed E-state index contributed by atoms with van der Waals surface area (Å²) in [5, 5.41) is 10.9. The molecule has 0 spiro atoms. The van der Waals surface area contributed by atoms with E-state index in [1.807, 2.05) is 12.1 Å². The fourth-order valence-corrected chi connectivity index (χ4v) is 1.96. The van der Waals surface area contributed by atoms with Crippen molar-refractivity contribution in [3.8, 4) is 0 Å². The second-order valence-electron chi connectivity index (χ2n) is 3.56. The van der Waals surface area contributed by atoms with E-state index in [0.717, 1.165) is 5.56 Å². The van der Waals surface area contributed by atoms with Crippen LogP contribution in [0.1, 0.15) is 12.5 Å². The van der Waals surface area contributed by atoms with Gasteiger partial charge in [0.15, 0.2) is 0 Å². The second kappa shape index (κ2) is 4.99. The van der Waals surface area contributed by atoms with Crippen molar-refractivity contribution in [1.29, 1.82) is 0 Å². The molecule has 2 rings (SSSR count). The monoisotopic (exact) mass is 227 g/mol. The van der Waals surface area contributed by atoms with Crippen LogP contribution in [0.15, 0.2) is 24.3 Å². The number of anilines is 1. The molecule has 1 aliphatic rings. The van der Waals surface area contributed by atoms with Gasteiger partial charge in [0.1, 0.15) is 0 Å². The molecule has 4 nitrogen and oxygen atoms in total. The first-order chi connectivity index (χ1) is 7.11. The second-order valence-corrected chi connectivity index (χ2v) is 3.56. The van der Waals surface area contributed by atoms with E-state index in [4.69, 9.17) is 0 Å². The van der Waals surface area contributed by atoms with Crippen LogP contribution in [0.4, 0.5) is 5.69 Å². The van der Waals surface area contributed by atoms with Crippen molar-refractivity contribution in [2.45, 2.75) is 19.4 Å². The van der Waals surface area contributed by atoms with Crippen molar-refractivity contribution in [2.75, 3.05) is 4.90 Å². The average Bonchev–Trinajstić information content (AvgIpc) is 2.56. The van der Waals surface area contributed by atoms with E-state index < -0.39 is 12.0 Å². The molecule has 1 aliphatic heterocycles. The Kier molecular flexibility index (Phi) is 4.13. The van der Waals surface area contributed by atoms with Crippen LogP contribution in [0.25, 0.3) is 0 Å². The molecule has 0 N–H and O–H groups in total. The molecule has 1 aromatic rings. The predicted molar refractivity (Wildman–Crippen MR) is 52.1 cm³/mol. The average molecular weight is 227 g/mol. The maximum absolute atomic E-state index is 11.4. The van der Waals surface area contributed by atoms with Crippen LogP contribution < -0.4 is 39.6 Å². The predicted octanol–water partition coefficient (Wildman–Crippen LogP) is -3.28. The van der Waals surface area contributed by atoms with Gasteiger partial charge in [0.2, 0.25) is 5.91 Å². The molecule has 0 radical (unpaired) electrons. The molecular formula is C11H10NNaO3. The standard InChI is InChI=1S/C11H11NO3.Na/c1-7(13)12-9-5-3-2-4-8(9)6-10(12)11(14)15;/h2-5,10H,6H2,1H3,(H,14,15);/q;+1/p-1/t10-;/m1./s1. The van der Waals surface area contributed by atoms with E-state index in [0.29, 0.717) is 12.1 Å². The molecule has 1 heterocycles.